The predicted octanol–water partition coefficient (Wildman–Crippen LogP) is 1.91. The number of nitrogens with two attached hydrogens (primary N) is 1. The van der Waals surface area contributed by atoms with Gasteiger partial charge in [0.15, 0.2) is 5.16 Å². The van der Waals surface area contributed by atoms with Gasteiger partial charge in [-0.25, -0.2) is 4.98 Å². The number of thioether (sulfide) groups is 1. The molecule has 0 unspecified atom stereocenters. The van der Waals surface area contributed by atoms with Crippen LogP contribution < -0.4 is 15.8 Å². The first kappa shape index (κ1) is 15.2. The van der Waals surface area contributed by atoms with E-state index < -0.39 is 0 Å². The maximum atomic E-state index is 11.9. The van der Waals surface area contributed by atoms with Gasteiger partial charge in [0.05, 0.1) is 12.8 Å². The molecule has 4 N–H and O–H groups in total. The molecule has 0 bridgehead atoms. The monoisotopic (exact) mass is 307 g/mol. The zero-order chi connectivity index (χ0) is 15.1. The Morgan fingerprint density at radius 1 is 1.52 bits per heavy atom. The van der Waals surface area contributed by atoms with Gasteiger partial charge in [0, 0.05) is 23.9 Å². The fraction of sp³-hybridized carbons (Fsp3) is 0.308. The van der Waals surface area contributed by atoms with Gasteiger partial charge in [0.1, 0.15) is 12.1 Å². The number of carbonyl (C=O) groups excluding carboxylic acids is 1. The molecule has 1 aromatic carbocycles. The molecule has 2 rings (SSSR count). The number of nitrogens with one attached hydrogen (secondary N) is 2. The molecule has 0 spiro atoms. The minimum absolute atomic E-state index is 0.0590. The molecule has 1 aromatic heterocycles. The van der Waals surface area contributed by atoms with Crippen LogP contribution >= 0.6 is 11.8 Å². The van der Waals surface area contributed by atoms with Crippen LogP contribution in [0, 0.1) is 0 Å². The van der Waals surface area contributed by atoms with Crippen LogP contribution in [0.3, 0.4) is 0 Å². The van der Waals surface area contributed by atoms with E-state index in [4.69, 9.17) is 10.5 Å². The first-order valence-electron chi connectivity index (χ1n) is 6.40. The number of aromatic amines is 1. The molecule has 0 aliphatic rings. The van der Waals surface area contributed by atoms with Crippen molar-refractivity contribution >= 4 is 29.0 Å². The van der Waals surface area contributed by atoms with Crippen LogP contribution in [-0.2, 0) is 4.79 Å². The van der Waals surface area contributed by atoms with Gasteiger partial charge in [-0.05, 0) is 18.6 Å². The molecular weight excluding hydrogens is 290 g/mol. The smallest absolute Gasteiger partial charge is 0.224 e. The van der Waals surface area contributed by atoms with Gasteiger partial charge >= 0.3 is 0 Å². The van der Waals surface area contributed by atoms with E-state index in [0.29, 0.717) is 23.5 Å². The van der Waals surface area contributed by atoms with Crippen molar-refractivity contribution in [2.24, 2.45) is 0 Å². The number of hydrogen-bond acceptors (Lipinski definition) is 6. The number of ether oxygens (including phenoxy) is 1. The normalized spacial score (nSPS) is 10.3. The Morgan fingerprint density at radius 3 is 3.10 bits per heavy atom. The highest BCUT2D eigenvalue weighted by Crippen LogP contribution is 2.26. The molecule has 0 radical (unpaired) electrons. The third kappa shape index (κ3) is 4.67. The Labute approximate surface area is 126 Å². The van der Waals surface area contributed by atoms with Crippen molar-refractivity contribution in [1.82, 2.24) is 15.2 Å². The van der Waals surface area contributed by atoms with Crippen molar-refractivity contribution in [3.63, 3.8) is 0 Å². The number of hydrogen-bond donors (Lipinski definition) is 3. The topological polar surface area (TPSA) is 106 Å². The summed E-state index contributed by atoms with van der Waals surface area (Å²) < 4.78 is 5.18. The highest BCUT2D eigenvalue weighted by Gasteiger charge is 2.08. The van der Waals surface area contributed by atoms with Gasteiger partial charge in [0.2, 0.25) is 5.91 Å². The lowest BCUT2D eigenvalue weighted by Crippen LogP contribution is -2.12. The van der Waals surface area contributed by atoms with E-state index in [1.807, 2.05) is 0 Å². The summed E-state index contributed by atoms with van der Waals surface area (Å²) in [6.07, 6.45) is 2.63. The van der Waals surface area contributed by atoms with Crippen LogP contribution in [0.15, 0.2) is 29.7 Å². The third-order valence-electron chi connectivity index (χ3n) is 2.68. The van der Waals surface area contributed by atoms with Crippen molar-refractivity contribution in [3.8, 4) is 5.75 Å². The van der Waals surface area contributed by atoms with Crippen molar-refractivity contribution in [1.29, 1.82) is 0 Å². The molecule has 1 heterocycles. The molecular formula is C13H17N5O2S. The molecule has 0 aliphatic heterocycles. The number of benzene rings is 1. The lowest BCUT2D eigenvalue weighted by molar-refractivity contribution is -0.116. The standard InChI is InChI=1S/C13H17N5O2S/c1-20-11-7-9(14)4-5-10(11)17-12(19)3-2-6-21-13-15-8-16-18-13/h4-5,7-8H,2-3,6,14H2,1H3,(H,17,19)(H,15,16,18). The number of anilines is 2. The van der Waals surface area contributed by atoms with Crippen LogP contribution in [0.5, 0.6) is 5.75 Å². The highest BCUT2D eigenvalue weighted by atomic mass is 32.2. The number of nitrogens with zero attached hydrogens (tertiary/aromatic N) is 2. The number of nitrogen functional groups attached to an aromatic ring is 1. The van der Waals surface area contributed by atoms with E-state index in [1.54, 1.807) is 25.3 Å². The summed E-state index contributed by atoms with van der Waals surface area (Å²) in [6, 6.07) is 5.13. The number of carbonyl (C=O) groups is 1. The molecule has 112 valence electrons. The zero-order valence-corrected chi connectivity index (χ0v) is 12.4. The lowest BCUT2D eigenvalue weighted by Gasteiger charge is -2.10. The fourth-order valence-electron chi connectivity index (χ4n) is 1.69. The maximum absolute atomic E-state index is 11.9. The summed E-state index contributed by atoms with van der Waals surface area (Å²) >= 11 is 1.53. The van der Waals surface area contributed by atoms with Crippen molar-refractivity contribution < 1.29 is 9.53 Å². The molecule has 1 amide bonds. The predicted molar refractivity (Wildman–Crippen MR) is 82.4 cm³/mol. The van der Waals surface area contributed by atoms with Crippen LogP contribution in [0.25, 0.3) is 0 Å². The fourth-order valence-corrected chi connectivity index (χ4v) is 2.41. The Morgan fingerprint density at radius 2 is 2.38 bits per heavy atom. The minimum atomic E-state index is -0.0590. The summed E-state index contributed by atoms with van der Waals surface area (Å²) in [4.78, 5) is 15.9. The quantitative estimate of drug-likeness (QED) is 0.410. The Hall–Kier alpha value is -2.22. The van der Waals surface area contributed by atoms with Crippen LogP contribution in [0.2, 0.25) is 0 Å². The largest absolute Gasteiger partial charge is 0.494 e. The van der Waals surface area contributed by atoms with Gasteiger partial charge in [-0.15, -0.1) is 0 Å². The molecule has 0 saturated heterocycles. The summed E-state index contributed by atoms with van der Waals surface area (Å²) in [5, 5.41) is 10.1. The van der Waals surface area contributed by atoms with Crippen LogP contribution in [0.1, 0.15) is 12.8 Å². The zero-order valence-electron chi connectivity index (χ0n) is 11.6. The molecule has 0 fully saturated rings. The van der Waals surface area contributed by atoms with Crippen molar-refractivity contribution in [2.45, 2.75) is 18.0 Å². The third-order valence-corrected chi connectivity index (χ3v) is 3.64. The SMILES string of the molecule is COc1cc(N)ccc1NC(=O)CCCSc1ncn[nH]1. The highest BCUT2D eigenvalue weighted by molar-refractivity contribution is 7.99. The molecule has 0 atom stereocenters. The first-order valence-corrected chi connectivity index (χ1v) is 7.39. The average molecular weight is 307 g/mol. The second-order valence-corrected chi connectivity index (χ2v) is 5.33. The maximum Gasteiger partial charge on any atom is 0.224 e. The van der Waals surface area contributed by atoms with Gasteiger partial charge in [0.25, 0.3) is 0 Å². The van der Waals surface area contributed by atoms with E-state index >= 15 is 0 Å². The Balaban J connectivity index is 1.76. The van der Waals surface area contributed by atoms with Crippen molar-refractivity contribution in [3.05, 3.63) is 24.5 Å². The molecule has 0 aliphatic carbocycles. The number of amides is 1. The van der Waals surface area contributed by atoms with E-state index in [0.717, 1.165) is 17.3 Å². The molecule has 2 aromatic rings. The van der Waals surface area contributed by atoms with E-state index in [2.05, 4.69) is 20.5 Å². The van der Waals surface area contributed by atoms with Gasteiger partial charge in [-0.3, -0.25) is 9.89 Å². The number of rotatable bonds is 7. The number of H-pyrrole nitrogens is 1. The lowest BCUT2D eigenvalue weighted by atomic mass is 10.2. The molecule has 0 saturated carbocycles. The van der Waals surface area contributed by atoms with E-state index in [1.165, 1.54) is 18.1 Å². The molecule has 7 nitrogen and oxygen atoms in total. The summed E-state index contributed by atoms with van der Waals surface area (Å²) in [5.74, 6) is 1.29. The molecule has 21 heavy (non-hydrogen) atoms. The Bertz CT molecular complexity index is 588. The summed E-state index contributed by atoms with van der Waals surface area (Å²) in [7, 11) is 1.54. The Kier molecular flexibility index (Phi) is 5.44. The van der Waals surface area contributed by atoms with Crippen LogP contribution in [-0.4, -0.2) is 34.0 Å². The minimum Gasteiger partial charge on any atom is -0.494 e. The second-order valence-electron chi connectivity index (χ2n) is 4.25. The van der Waals surface area contributed by atoms with Crippen molar-refractivity contribution in [2.75, 3.05) is 23.9 Å². The first-order chi connectivity index (χ1) is 10.2. The number of methoxy groups -OCH3 is 1. The van der Waals surface area contributed by atoms with Gasteiger partial charge in [-0.2, -0.15) is 5.10 Å². The van der Waals surface area contributed by atoms with E-state index in [-0.39, 0.29) is 5.91 Å². The average Bonchev–Trinajstić information content (AvgIpc) is 2.99. The summed E-state index contributed by atoms with van der Waals surface area (Å²) in [6.45, 7) is 0. The summed E-state index contributed by atoms with van der Waals surface area (Å²) in [5.41, 5.74) is 6.88. The molecule has 8 heteroatoms. The van der Waals surface area contributed by atoms with Gasteiger partial charge < -0.3 is 15.8 Å². The number of aromatic nitrogens is 3. The van der Waals surface area contributed by atoms with Crippen LogP contribution in [0.4, 0.5) is 11.4 Å². The van der Waals surface area contributed by atoms with E-state index in [9.17, 15) is 4.79 Å². The second kappa shape index (κ2) is 7.53. The van der Waals surface area contributed by atoms with Gasteiger partial charge in [-0.1, -0.05) is 11.8 Å².